The number of rotatable bonds is 5. The first-order valence-electron chi connectivity index (χ1n) is 10.3. The molecule has 2 N–H and O–H groups in total. The lowest BCUT2D eigenvalue weighted by Gasteiger charge is -2.14. The molecule has 0 atom stereocenters. The van der Waals surface area contributed by atoms with Crippen molar-refractivity contribution in [2.75, 3.05) is 10.0 Å². The minimum Gasteiger partial charge on any atom is -0.354 e. The molecule has 0 aliphatic carbocycles. The molecule has 33 heavy (non-hydrogen) atoms. The highest BCUT2D eigenvalue weighted by molar-refractivity contribution is 7.92. The summed E-state index contributed by atoms with van der Waals surface area (Å²) in [6, 6.07) is 27.4. The number of aromatic nitrogens is 1. The zero-order valence-electron chi connectivity index (χ0n) is 17.7. The zero-order chi connectivity index (χ0) is 23.0. The van der Waals surface area contributed by atoms with Crippen molar-refractivity contribution in [2.24, 2.45) is 0 Å². The number of benzene rings is 4. The molecule has 0 aliphatic rings. The molecule has 0 unspecified atom stereocenters. The van der Waals surface area contributed by atoms with Crippen LogP contribution in [0.3, 0.4) is 0 Å². The van der Waals surface area contributed by atoms with Crippen molar-refractivity contribution < 1.29 is 8.42 Å². The van der Waals surface area contributed by atoms with E-state index >= 15 is 0 Å². The summed E-state index contributed by atoms with van der Waals surface area (Å²) in [6.07, 6.45) is 0. The topological polar surface area (TPSA) is 71.1 Å². The number of pyridine rings is 1. The Balaban J connectivity index is 1.47. The van der Waals surface area contributed by atoms with Crippen LogP contribution in [0.4, 0.5) is 17.1 Å². The van der Waals surface area contributed by atoms with Gasteiger partial charge in [0.25, 0.3) is 10.0 Å². The fourth-order valence-electron chi connectivity index (χ4n) is 3.73. The summed E-state index contributed by atoms with van der Waals surface area (Å²) in [5.41, 5.74) is 5.24. The number of anilines is 3. The second kappa shape index (κ2) is 8.39. The highest BCUT2D eigenvalue weighted by atomic mass is 35.5. The largest absolute Gasteiger partial charge is 0.354 e. The monoisotopic (exact) mass is 473 g/mol. The number of hydrogen-bond donors (Lipinski definition) is 2. The molecule has 0 spiro atoms. The summed E-state index contributed by atoms with van der Waals surface area (Å²) < 4.78 is 27.9. The molecule has 1 heterocycles. The maximum atomic E-state index is 12.6. The third kappa shape index (κ3) is 4.35. The van der Waals surface area contributed by atoms with E-state index in [1.807, 2.05) is 42.5 Å². The van der Waals surface area contributed by atoms with Gasteiger partial charge >= 0.3 is 0 Å². The fraction of sp³-hybridized carbons (Fsp3) is 0.0385. The molecule has 4 aromatic carbocycles. The van der Waals surface area contributed by atoms with Crippen molar-refractivity contribution in [1.82, 2.24) is 4.98 Å². The molecule has 0 radical (unpaired) electrons. The third-order valence-corrected chi connectivity index (χ3v) is 7.02. The molecule has 1 aromatic heterocycles. The Morgan fingerprint density at radius 2 is 1.42 bits per heavy atom. The Bertz CT molecular complexity index is 1580. The minimum atomic E-state index is -3.70. The van der Waals surface area contributed by atoms with Gasteiger partial charge in [-0.15, -0.1) is 0 Å². The van der Waals surface area contributed by atoms with Crippen LogP contribution in [0.5, 0.6) is 0 Å². The molecule has 0 saturated carbocycles. The standard InChI is InChI=1S/C26H20ClN3O2S/c1-17-6-15-25-23(16-17)26(22-4-2-3-5-24(22)29-25)28-19-9-11-20(12-10-19)30-33(31,32)21-13-7-18(27)8-14-21/h2-16,30H,1H3,(H,28,29). The predicted molar refractivity (Wildman–Crippen MR) is 136 cm³/mol. The molecular formula is C26H20ClN3O2S. The van der Waals surface area contributed by atoms with E-state index in [2.05, 4.69) is 29.1 Å². The van der Waals surface area contributed by atoms with Crippen molar-refractivity contribution in [3.05, 3.63) is 102 Å². The molecule has 164 valence electrons. The van der Waals surface area contributed by atoms with E-state index in [0.29, 0.717) is 10.7 Å². The number of nitrogens with one attached hydrogen (secondary N) is 2. The Kier molecular flexibility index (Phi) is 5.40. The molecular weight excluding hydrogens is 454 g/mol. The van der Waals surface area contributed by atoms with Gasteiger partial charge < -0.3 is 5.32 Å². The van der Waals surface area contributed by atoms with Gasteiger partial charge in [-0.2, -0.15) is 0 Å². The first kappa shape index (κ1) is 21.2. The van der Waals surface area contributed by atoms with Gasteiger partial charge in [0.2, 0.25) is 0 Å². The summed E-state index contributed by atoms with van der Waals surface area (Å²) in [5.74, 6) is 0. The summed E-state index contributed by atoms with van der Waals surface area (Å²) in [5, 5.41) is 6.04. The number of hydrogen-bond acceptors (Lipinski definition) is 4. The van der Waals surface area contributed by atoms with Crippen molar-refractivity contribution in [3.8, 4) is 0 Å². The van der Waals surface area contributed by atoms with E-state index in [1.54, 1.807) is 24.3 Å². The van der Waals surface area contributed by atoms with Gasteiger partial charge in [0, 0.05) is 27.2 Å². The van der Waals surface area contributed by atoms with Gasteiger partial charge in [-0.25, -0.2) is 13.4 Å². The van der Waals surface area contributed by atoms with Gasteiger partial charge in [0.15, 0.2) is 0 Å². The normalized spacial score (nSPS) is 11.6. The molecule has 5 aromatic rings. The second-order valence-corrected chi connectivity index (χ2v) is 9.91. The Morgan fingerprint density at radius 1 is 0.758 bits per heavy atom. The lowest BCUT2D eigenvalue weighted by Crippen LogP contribution is -2.12. The van der Waals surface area contributed by atoms with Gasteiger partial charge in [0.1, 0.15) is 0 Å². The van der Waals surface area contributed by atoms with E-state index in [-0.39, 0.29) is 4.90 Å². The Labute approximate surface area is 197 Å². The van der Waals surface area contributed by atoms with Crippen molar-refractivity contribution >= 4 is 60.5 Å². The number of nitrogens with zero attached hydrogens (tertiary/aromatic N) is 1. The van der Waals surface area contributed by atoms with Gasteiger partial charge in [-0.05, 0) is 73.7 Å². The maximum Gasteiger partial charge on any atom is 0.261 e. The van der Waals surface area contributed by atoms with Crippen molar-refractivity contribution in [2.45, 2.75) is 11.8 Å². The van der Waals surface area contributed by atoms with Crippen LogP contribution in [0.25, 0.3) is 21.8 Å². The van der Waals surface area contributed by atoms with E-state index < -0.39 is 10.0 Å². The quantitative estimate of drug-likeness (QED) is 0.272. The summed E-state index contributed by atoms with van der Waals surface area (Å²) in [7, 11) is -3.70. The Hall–Kier alpha value is -3.61. The lowest BCUT2D eigenvalue weighted by molar-refractivity contribution is 0.601. The van der Waals surface area contributed by atoms with E-state index in [0.717, 1.165) is 38.7 Å². The molecule has 0 fully saturated rings. The summed E-state index contributed by atoms with van der Waals surface area (Å²) >= 11 is 5.86. The van der Waals surface area contributed by atoms with Gasteiger partial charge in [-0.3, -0.25) is 4.72 Å². The third-order valence-electron chi connectivity index (χ3n) is 5.37. The highest BCUT2D eigenvalue weighted by Crippen LogP contribution is 2.34. The second-order valence-electron chi connectivity index (χ2n) is 7.79. The highest BCUT2D eigenvalue weighted by Gasteiger charge is 2.14. The predicted octanol–water partition coefficient (Wildman–Crippen LogP) is 6.89. The number of halogens is 1. The van der Waals surface area contributed by atoms with Crippen molar-refractivity contribution in [3.63, 3.8) is 0 Å². The molecule has 0 aliphatic heterocycles. The zero-order valence-corrected chi connectivity index (χ0v) is 19.3. The van der Waals surface area contributed by atoms with Crippen LogP contribution in [-0.2, 0) is 10.0 Å². The average molecular weight is 474 g/mol. The molecule has 0 saturated heterocycles. The average Bonchev–Trinajstić information content (AvgIpc) is 2.80. The number of aryl methyl sites for hydroxylation is 1. The van der Waals surface area contributed by atoms with Crippen LogP contribution in [0.2, 0.25) is 5.02 Å². The number of sulfonamides is 1. The molecule has 5 rings (SSSR count). The van der Waals surface area contributed by atoms with Gasteiger partial charge in [0.05, 0.1) is 21.6 Å². The molecule has 5 nitrogen and oxygen atoms in total. The molecule has 0 bridgehead atoms. The van der Waals surface area contributed by atoms with E-state index in [4.69, 9.17) is 16.6 Å². The summed E-state index contributed by atoms with van der Waals surface area (Å²) in [6.45, 7) is 2.06. The molecule has 7 heteroatoms. The first-order valence-corrected chi connectivity index (χ1v) is 12.2. The number of para-hydroxylation sites is 1. The fourth-order valence-corrected chi connectivity index (χ4v) is 4.92. The van der Waals surface area contributed by atoms with Crippen LogP contribution in [0, 0.1) is 6.92 Å². The lowest BCUT2D eigenvalue weighted by atomic mass is 10.1. The van der Waals surface area contributed by atoms with Crippen LogP contribution in [0.15, 0.2) is 95.9 Å². The van der Waals surface area contributed by atoms with E-state index in [9.17, 15) is 8.42 Å². The Morgan fingerprint density at radius 3 is 2.18 bits per heavy atom. The maximum absolute atomic E-state index is 12.6. The smallest absolute Gasteiger partial charge is 0.261 e. The first-order chi connectivity index (χ1) is 15.9. The molecule has 0 amide bonds. The van der Waals surface area contributed by atoms with Crippen LogP contribution in [0.1, 0.15) is 5.56 Å². The number of fused-ring (bicyclic) bond motifs is 2. The van der Waals surface area contributed by atoms with Gasteiger partial charge in [-0.1, -0.05) is 41.4 Å². The summed E-state index contributed by atoms with van der Waals surface area (Å²) in [4.78, 5) is 4.94. The van der Waals surface area contributed by atoms with E-state index in [1.165, 1.54) is 12.1 Å². The van der Waals surface area contributed by atoms with Crippen LogP contribution >= 0.6 is 11.6 Å². The van der Waals surface area contributed by atoms with Crippen LogP contribution < -0.4 is 10.0 Å². The SMILES string of the molecule is Cc1ccc2nc3ccccc3c(Nc3ccc(NS(=O)(=O)c4ccc(Cl)cc4)cc3)c2c1. The van der Waals surface area contributed by atoms with Crippen LogP contribution in [-0.4, -0.2) is 13.4 Å². The van der Waals surface area contributed by atoms with Crippen molar-refractivity contribution in [1.29, 1.82) is 0 Å². The minimum absolute atomic E-state index is 0.152.